The van der Waals surface area contributed by atoms with Crippen molar-refractivity contribution in [3.63, 3.8) is 0 Å². The van der Waals surface area contributed by atoms with E-state index < -0.39 is 0 Å². The van der Waals surface area contributed by atoms with Crippen molar-refractivity contribution in [2.24, 2.45) is 5.73 Å². The number of nitro groups is 1. The topological polar surface area (TPSA) is 72.4 Å². The standard InChI is InChI=1S/C10H14IN3O2/c1-13(6-2-5-12)8-3-4-10(14(15)16)9(11)7-8/h3-4,7H,2,5-6,12H2,1H3. The number of nitrogens with two attached hydrogens (primary N) is 1. The van der Waals surface area contributed by atoms with Gasteiger partial charge in [0.05, 0.1) is 8.49 Å². The number of hydrogen-bond donors (Lipinski definition) is 1. The van der Waals surface area contributed by atoms with Gasteiger partial charge in [-0.2, -0.15) is 0 Å². The van der Waals surface area contributed by atoms with Gasteiger partial charge in [-0.25, -0.2) is 0 Å². The van der Waals surface area contributed by atoms with Crippen LogP contribution in [-0.2, 0) is 0 Å². The number of halogens is 1. The van der Waals surface area contributed by atoms with Crippen LogP contribution in [0.4, 0.5) is 11.4 Å². The molecule has 0 bridgehead atoms. The van der Waals surface area contributed by atoms with E-state index in [1.165, 1.54) is 6.07 Å². The van der Waals surface area contributed by atoms with E-state index in [2.05, 4.69) is 0 Å². The molecule has 2 N–H and O–H groups in total. The third-order valence-corrected chi connectivity index (χ3v) is 3.13. The quantitative estimate of drug-likeness (QED) is 0.507. The molecule has 5 nitrogen and oxygen atoms in total. The van der Waals surface area contributed by atoms with Crippen molar-refractivity contribution in [2.45, 2.75) is 6.42 Å². The minimum absolute atomic E-state index is 0.150. The molecule has 0 saturated carbocycles. The largest absolute Gasteiger partial charge is 0.375 e. The molecule has 0 spiro atoms. The lowest BCUT2D eigenvalue weighted by Crippen LogP contribution is -2.21. The van der Waals surface area contributed by atoms with Gasteiger partial charge >= 0.3 is 0 Å². The Morgan fingerprint density at radius 2 is 2.25 bits per heavy atom. The summed E-state index contributed by atoms with van der Waals surface area (Å²) in [5.41, 5.74) is 6.56. The minimum atomic E-state index is -0.370. The van der Waals surface area contributed by atoms with E-state index in [4.69, 9.17) is 5.73 Å². The van der Waals surface area contributed by atoms with Gasteiger partial charge in [-0.1, -0.05) is 0 Å². The van der Waals surface area contributed by atoms with Crippen LogP contribution in [0.3, 0.4) is 0 Å². The Balaban J connectivity index is 2.84. The average Bonchev–Trinajstić information content (AvgIpc) is 2.25. The molecule has 88 valence electrons. The van der Waals surface area contributed by atoms with Crippen molar-refractivity contribution in [1.82, 2.24) is 0 Å². The Morgan fingerprint density at radius 1 is 1.56 bits per heavy atom. The van der Waals surface area contributed by atoms with E-state index in [0.29, 0.717) is 10.1 Å². The lowest BCUT2D eigenvalue weighted by molar-refractivity contribution is -0.385. The molecule has 1 aromatic carbocycles. The highest BCUT2D eigenvalue weighted by atomic mass is 127. The highest BCUT2D eigenvalue weighted by molar-refractivity contribution is 14.1. The second-order valence-electron chi connectivity index (χ2n) is 3.46. The first-order chi connectivity index (χ1) is 7.56. The van der Waals surface area contributed by atoms with Crippen LogP contribution in [0.15, 0.2) is 18.2 Å². The van der Waals surface area contributed by atoms with Crippen LogP contribution in [0, 0.1) is 13.7 Å². The van der Waals surface area contributed by atoms with Gasteiger partial charge in [-0.3, -0.25) is 10.1 Å². The van der Waals surface area contributed by atoms with Gasteiger partial charge in [0.15, 0.2) is 0 Å². The van der Waals surface area contributed by atoms with Crippen molar-refractivity contribution < 1.29 is 4.92 Å². The van der Waals surface area contributed by atoms with Crippen LogP contribution in [0.1, 0.15) is 6.42 Å². The van der Waals surface area contributed by atoms with E-state index >= 15 is 0 Å². The highest BCUT2D eigenvalue weighted by Gasteiger charge is 2.12. The van der Waals surface area contributed by atoms with Gasteiger partial charge in [0.25, 0.3) is 5.69 Å². The number of hydrogen-bond acceptors (Lipinski definition) is 4. The zero-order chi connectivity index (χ0) is 12.1. The first kappa shape index (κ1) is 13.2. The number of anilines is 1. The molecular weight excluding hydrogens is 321 g/mol. The summed E-state index contributed by atoms with van der Waals surface area (Å²) in [5, 5.41) is 10.6. The smallest absolute Gasteiger partial charge is 0.282 e. The summed E-state index contributed by atoms with van der Waals surface area (Å²) >= 11 is 1.98. The summed E-state index contributed by atoms with van der Waals surface area (Å²) in [6, 6.07) is 5.11. The molecule has 1 rings (SSSR count). The van der Waals surface area contributed by atoms with Gasteiger partial charge in [0.2, 0.25) is 0 Å². The summed E-state index contributed by atoms with van der Waals surface area (Å²) in [5.74, 6) is 0. The van der Waals surface area contributed by atoms with Crippen molar-refractivity contribution in [2.75, 3.05) is 25.0 Å². The van der Waals surface area contributed by atoms with Crippen molar-refractivity contribution in [3.8, 4) is 0 Å². The molecule has 0 amide bonds. The first-order valence-corrected chi connectivity index (χ1v) is 5.99. The fourth-order valence-electron chi connectivity index (χ4n) is 1.34. The molecule has 0 heterocycles. The van der Waals surface area contributed by atoms with Crippen LogP contribution in [0.25, 0.3) is 0 Å². The molecular formula is C10H14IN3O2. The van der Waals surface area contributed by atoms with Crippen molar-refractivity contribution in [1.29, 1.82) is 0 Å². The van der Waals surface area contributed by atoms with Crippen molar-refractivity contribution >= 4 is 34.0 Å². The van der Waals surface area contributed by atoms with Gasteiger partial charge in [0, 0.05) is 25.3 Å². The van der Waals surface area contributed by atoms with Crippen LogP contribution in [0.2, 0.25) is 0 Å². The molecule has 0 saturated heterocycles. The lowest BCUT2D eigenvalue weighted by Gasteiger charge is -2.18. The molecule has 0 aliphatic carbocycles. The zero-order valence-corrected chi connectivity index (χ0v) is 11.2. The normalized spacial score (nSPS) is 10.2. The predicted octanol–water partition coefficient (Wildman–Crippen LogP) is 1.98. The van der Waals surface area contributed by atoms with Gasteiger partial charge < -0.3 is 10.6 Å². The summed E-state index contributed by atoms with van der Waals surface area (Å²) in [4.78, 5) is 12.3. The van der Waals surface area contributed by atoms with E-state index in [1.54, 1.807) is 6.07 Å². The number of benzene rings is 1. The average molecular weight is 335 g/mol. The molecule has 0 fully saturated rings. The van der Waals surface area contributed by atoms with Crippen LogP contribution in [0.5, 0.6) is 0 Å². The van der Waals surface area contributed by atoms with Gasteiger partial charge in [-0.15, -0.1) is 0 Å². The maximum atomic E-state index is 10.6. The highest BCUT2D eigenvalue weighted by Crippen LogP contribution is 2.25. The second-order valence-corrected chi connectivity index (χ2v) is 4.62. The van der Waals surface area contributed by atoms with Gasteiger partial charge in [-0.05, 0) is 47.7 Å². The maximum absolute atomic E-state index is 10.6. The fraction of sp³-hybridized carbons (Fsp3) is 0.400. The second kappa shape index (κ2) is 6.00. The molecule has 0 radical (unpaired) electrons. The summed E-state index contributed by atoms with van der Waals surface area (Å²) in [6.07, 6.45) is 0.907. The molecule has 0 aliphatic heterocycles. The van der Waals surface area contributed by atoms with E-state index in [1.807, 2.05) is 40.6 Å². The SMILES string of the molecule is CN(CCCN)c1ccc([N+](=O)[O-])c(I)c1. The van der Waals surface area contributed by atoms with Gasteiger partial charge in [0.1, 0.15) is 0 Å². The summed E-state index contributed by atoms with van der Waals surface area (Å²) in [6.45, 7) is 1.50. The Bertz CT molecular complexity index is 384. The van der Waals surface area contributed by atoms with E-state index in [-0.39, 0.29) is 10.6 Å². The molecule has 1 aromatic rings. The number of rotatable bonds is 5. The third-order valence-electron chi connectivity index (χ3n) is 2.27. The Hall–Kier alpha value is -0.890. The summed E-state index contributed by atoms with van der Waals surface area (Å²) in [7, 11) is 1.95. The maximum Gasteiger partial charge on any atom is 0.282 e. The van der Waals surface area contributed by atoms with Crippen LogP contribution in [-0.4, -0.2) is 25.1 Å². The molecule has 0 aliphatic rings. The first-order valence-electron chi connectivity index (χ1n) is 4.91. The van der Waals surface area contributed by atoms with Crippen LogP contribution >= 0.6 is 22.6 Å². The lowest BCUT2D eigenvalue weighted by atomic mass is 10.2. The summed E-state index contributed by atoms with van der Waals surface area (Å²) < 4.78 is 0.652. The molecule has 0 atom stereocenters. The third kappa shape index (κ3) is 3.31. The Morgan fingerprint density at radius 3 is 2.75 bits per heavy atom. The predicted molar refractivity (Wildman–Crippen MR) is 72.8 cm³/mol. The monoisotopic (exact) mass is 335 g/mol. The van der Waals surface area contributed by atoms with E-state index in [9.17, 15) is 10.1 Å². The minimum Gasteiger partial charge on any atom is -0.375 e. The molecule has 0 aromatic heterocycles. The van der Waals surface area contributed by atoms with Crippen LogP contribution < -0.4 is 10.6 Å². The molecule has 16 heavy (non-hydrogen) atoms. The molecule has 0 unspecified atom stereocenters. The fourth-order valence-corrected chi connectivity index (χ4v) is 2.03. The van der Waals surface area contributed by atoms with E-state index in [0.717, 1.165) is 18.7 Å². The molecule has 6 heteroatoms. The number of nitro benzene ring substituents is 1. The Labute approximate surface area is 108 Å². The van der Waals surface area contributed by atoms with Crippen molar-refractivity contribution in [3.05, 3.63) is 31.9 Å². The Kier molecular flexibility index (Phi) is 4.94. The zero-order valence-electron chi connectivity index (χ0n) is 9.02. The number of nitrogens with zero attached hydrogens (tertiary/aromatic N) is 2.